The summed E-state index contributed by atoms with van der Waals surface area (Å²) in [5.41, 5.74) is 2.30. The van der Waals surface area contributed by atoms with Crippen LogP contribution in [-0.2, 0) is 6.42 Å². The first-order chi connectivity index (χ1) is 14.1. The van der Waals surface area contributed by atoms with Gasteiger partial charge in [0.05, 0.1) is 21.3 Å². The molecule has 8 heteroatoms. The van der Waals surface area contributed by atoms with Gasteiger partial charge in [0.25, 0.3) is 5.91 Å². The Morgan fingerprint density at radius 3 is 2.45 bits per heavy atom. The molecule has 0 spiro atoms. The Balaban J connectivity index is 1.54. The van der Waals surface area contributed by atoms with Crippen LogP contribution in [0.25, 0.3) is 0 Å². The van der Waals surface area contributed by atoms with Gasteiger partial charge in [-0.15, -0.1) is 11.3 Å². The van der Waals surface area contributed by atoms with Crippen molar-refractivity contribution >= 4 is 28.1 Å². The number of benzene rings is 2. The van der Waals surface area contributed by atoms with Gasteiger partial charge in [-0.05, 0) is 36.2 Å². The third kappa shape index (κ3) is 5.39. The minimum atomic E-state index is -0.199. The van der Waals surface area contributed by atoms with Gasteiger partial charge in [0.15, 0.2) is 16.6 Å². The summed E-state index contributed by atoms with van der Waals surface area (Å²) in [6.07, 6.45) is 0.733. The first-order valence-electron chi connectivity index (χ1n) is 8.98. The number of aromatic nitrogens is 1. The van der Waals surface area contributed by atoms with E-state index in [1.54, 1.807) is 26.7 Å². The number of rotatable bonds is 9. The van der Waals surface area contributed by atoms with Gasteiger partial charge in [-0.3, -0.25) is 4.79 Å². The first kappa shape index (κ1) is 20.5. The summed E-state index contributed by atoms with van der Waals surface area (Å²) < 4.78 is 15.7. The molecule has 0 fully saturated rings. The normalized spacial score (nSPS) is 10.3. The van der Waals surface area contributed by atoms with E-state index in [1.807, 2.05) is 42.5 Å². The Hall–Kier alpha value is -3.26. The predicted octanol–water partition coefficient (Wildman–Crippen LogP) is 3.89. The maximum absolute atomic E-state index is 12.3. The molecule has 7 nitrogen and oxygen atoms in total. The van der Waals surface area contributed by atoms with E-state index >= 15 is 0 Å². The molecule has 1 heterocycles. The van der Waals surface area contributed by atoms with Crippen molar-refractivity contribution in [2.24, 2.45) is 0 Å². The zero-order chi connectivity index (χ0) is 20.6. The molecule has 0 bridgehead atoms. The quantitative estimate of drug-likeness (QED) is 0.554. The van der Waals surface area contributed by atoms with E-state index < -0.39 is 0 Å². The second-order valence-corrected chi connectivity index (χ2v) is 6.94. The number of anilines is 2. The average Bonchev–Trinajstić information content (AvgIpc) is 3.22. The zero-order valence-corrected chi connectivity index (χ0v) is 17.3. The summed E-state index contributed by atoms with van der Waals surface area (Å²) in [5, 5.41) is 8.42. The molecule has 2 aromatic carbocycles. The minimum absolute atomic E-state index is 0.199. The Morgan fingerprint density at radius 2 is 1.76 bits per heavy atom. The number of carbonyl (C=O) groups excluding carboxylic acids is 1. The van der Waals surface area contributed by atoms with Crippen LogP contribution in [0.2, 0.25) is 0 Å². The van der Waals surface area contributed by atoms with Crippen LogP contribution >= 0.6 is 11.3 Å². The Labute approximate surface area is 173 Å². The second kappa shape index (κ2) is 9.79. The maximum atomic E-state index is 12.3. The van der Waals surface area contributed by atoms with Gasteiger partial charge in [-0.25, -0.2) is 4.98 Å². The van der Waals surface area contributed by atoms with Crippen molar-refractivity contribution < 1.29 is 19.0 Å². The van der Waals surface area contributed by atoms with Crippen molar-refractivity contribution in [1.29, 1.82) is 0 Å². The van der Waals surface area contributed by atoms with Crippen molar-refractivity contribution in [3.05, 3.63) is 59.1 Å². The van der Waals surface area contributed by atoms with Crippen molar-refractivity contribution in [2.75, 3.05) is 33.2 Å². The molecule has 152 valence electrons. The lowest BCUT2D eigenvalue weighted by Gasteiger charge is -2.09. The molecule has 0 aliphatic heterocycles. The highest BCUT2D eigenvalue weighted by Crippen LogP contribution is 2.31. The molecular weight excluding hydrogens is 390 g/mol. The Bertz CT molecular complexity index is 957. The van der Waals surface area contributed by atoms with Crippen molar-refractivity contribution in [3.8, 4) is 17.2 Å². The summed E-state index contributed by atoms with van der Waals surface area (Å²) in [7, 11) is 4.81. The SMILES string of the molecule is COc1ccc(CCNC(=O)c2csc(Nc3ccc(OC)c(OC)c3)n2)cc1. The fourth-order valence-corrected chi connectivity index (χ4v) is 3.39. The summed E-state index contributed by atoms with van der Waals surface area (Å²) in [6.45, 7) is 0.529. The van der Waals surface area contributed by atoms with Gasteiger partial charge in [-0.2, -0.15) is 0 Å². The number of amides is 1. The van der Waals surface area contributed by atoms with Crippen LogP contribution < -0.4 is 24.8 Å². The van der Waals surface area contributed by atoms with Crippen LogP contribution in [0.15, 0.2) is 47.8 Å². The highest BCUT2D eigenvalue weighted by atomic mass is 32.1. The minimum Gasteiger partial charge on any atom is -0.497 e. The number of hydrogen-bond acceptors (Lipinski definition) is 7. The fraction of sp³-hybridized carbons (Fsp3) is 0.238. The lowest BCUT2D eigenvalue weighted by molar-refractivity contribution is 0.0950. The largest absolute Gasteiger partial charge is 0.497 e. The lowest BCUT2D eigenvalue weighted by Crippen LogP contribution is -2.25. The zero-order valence-electron chi connectivity index (χ0n) is 16.5. The van der Waals surface area contributed by atoms with Gasteiger partial charge >= 0.3 is 0 Å². The number of thiazole rings is 1. The molecule has 0 aliphatic rings. The molecule has 3 rings (SSSR count). The summed E-state index contributed by atoms with van der Waals surface area (Å²) in [4.78, 5) is 16.7. The van der Waals surface area contributed by atoms with Crippen LogP contribution in [0.1, 0.15) is 16.1 Å². The molecule has 1 amide bonds. The van der Waals surface area contributed by atoms with E-state index in [2.05, 4.69) is 15.6 Å². The average molecular weight is 413 g/mol. The number of methoxy groups -OCH3 is 3. The van der Waals surface area contributed by atoms with Crippen LogP contribution in [0.5, 0.6) is 17.2 Å². The maximum Gasteiger partial charge on any atom is 0.270 e. The van der Waals surface area contributed by atoms with Crippen LogP contribution in [0, 0.1) is 0 Å². The van der Waals surface area contributed by atoms with E-state index in [-0.39, 0.29) is 5.91 Å². The lowest BCUT2D eigenvalue weighted by atomic mass is 10.1. The van der Waals surface area contributed by atoms with Gasteiger partial charge in [0.1, 0.15) is 11.4 Å². The van der Waals surface area contributed by atoms with Crippen molar-refractivity contribution in [2.45, 2.75) is 6.42 Å². The second-order valence-electron chi connectivity index (χ2n) is 6.09. The molecule has 0 radical (unpaired) electrons. The fourth-order valence-electron chi connectivity index (χ4n) is 2.68. The number of ether oxygens (including phenoxy) is 3. The molecule has 0 aliphatic carbocycles. The molecule has 3 aromatic rings. The van der Waals surface area contributed by atoms with Crippen molar-refractivity contribution in [3.63, 3.8) is 0 Å². The molecule has 1 aromatic heterocycles. The Kier molecular flexibility index (Phi) is 6.91. The highest BCUT2D eigenvalue weighted by Gasteiger charge is 2.11. The Morgan fingerprint density at radius 1 is 1.00 bits per heavy atom. The monoisotopic (exact) mass is 413 g/mol. The van der Waals surface area contributed by atoms with Crippen molar-refractivity contribution in [1.82, 2.24) is 10.3 Å². The van der Waals surface area contributed by atoms with Gasteiger partial charge in [0, 0.05) is 23.7 Å². The third-order valence-electron chi connectivity index (χ3n) is 4.23. The molecule has 0 atom stereocenters. The van der Waals surface area contributed by atoms with Gasteiger partial charge in [-0.1, -0.05) is 12.1 Å². The predicted molar refractivity (Wildman–Crippen MR) is 114 cm³/mol. The third-order valence-corrected chi connectivity index (χ3v) is 4.99. The van der Waals surface area contributed by atoms with Gasteiger partial charge in [0.2, 0.25) is 0 Å². The number of carbonyl (C=O) groups is 1. The van der Waals surface area contributed by atoms with Gasteiger partial charge < -0.3 is 24.8 Å². The topological polar surface area (TPSA) is 81.7 Å². The van der Waals surface area contributed by atoms with Crippen LogP contribution in [0.4, 0.5) is 10.8 Å². The number of nitrogens with one attached hydrogen (secondary N) is 2. The molecular formula is C21H23N3O4S. The molecule has 0 saturated carbocycles. The molecule has 0 unspecified atom stereocenters. The summed E-state index contributed by atoms with van der Waals surface area (Å²) in [5.74, 6) is 1.88. The highest BCUT2D eigenvalue weighted by molar-refractivity contribution is 7.14. The molecule has 2 N–H and O–H groups in total. The summed E-state index contributed by atoms with van der Waals surface area (Å²) >= 11 is 1.36. The summed E-state index contributed by atoms with van der Waals surface area (Å²) in [6, 6.07) is 13.3. The van der Waals surface area contributed by atoms with Crippen LogP contribution in [0.3, 0.4) is 0 Å². The van der Waals surface area contributed by atoms with E-state index in [4.69, 9.17) is 14.2 Å². The van der Waals surface area contributed by atoms with Crippen LogP contribution in [-0.4, -0.2) is 38.8 Å². The molecule has 29 heavy (non-hydrogen) atoms. The van der Waals surface area contributed by atoms with E-state index in [9.17, 15) is 4.79 Å². The molecule has 0 saturated heterocycles. The first-order valence-corrected chi connectivity index (χ1v) is 9.86. The van der Waals surface area contributed by atoms with E-state index in [0.717, 1.165) is 23.4 Å². The number of hydrogen-bond donors (Lipinski definition) is 2. The standard InChI is InChI=1S/C21H23N3O4S/c1-26-16-7-4-14(5-8-16)10-11-22-20(25)17-13-29-21(24-17)23-15-6-9-18(27-2)19(12-15)28-3/h4-9,12-13H,10-11H2,1-3H3,(H,22,25)(H,23,24). The number of nitrogens with zero attached hydrogens (tertiary/aromatic N) is 1. The smallest absolute Gasteiger partial charge is 0.270 e. The van der Waals surface area contributed by atoms with E-state index in [1.165, 1.54) is 11.3 Å². The van der Waals surface area contributed by atoms with E-state index in [0.29, 0.717) is 28.9 Å².